The molecule has 0 unspecified atom stereocenters. The fourth-order valence-electron chi connectivity index (χ4n) is 5.41. The Morgan fingerprint density at radius 2 is 0.548 bits per heavy atom. The van der Waals surface area contributed by atoms with E-state index in [2.05, 4.69) is 100 Å². The Hall–Kier alpha value is -5.22. The molecule has 7 aromatic rings. The lowest BCUT2D eigenvalue weighted by Crippen LogP contribution is -1.98. The summed E-state index contributed by atoms with van der Waals surface area (Å²) in [4.78, 5) is 20.6. The van der Waals surface area contributed by atoms with Crippen LogP contribution in [0.1, 0.15) is 22.3 Å². The second-order valence-electron chi connectivity index (χ2n) is 11.0. The minimum atomic E-state index is 0.863. The molecule has 0 spiro atoms. The molecule has 0 saturated heterocycles. The first-order chi connectivity index (χ1) is 20.4. The molecule has 0 N–H and O–H groups in total. The van der Waals surface area contributed by atoms with Crippen molar-refractivity contribution in [3.05, 3.63) is 131 Å². The van der Waals surface area contributed by atoms with E-state index in [-0.39, 0.29) is 0 Å². The standard InChI is InChI=1S/C38H30N4/c1-23-19-31-33(21-25(23)3)41-37(35(39-31)27-11-7-5-8-12-27)29-15-17-30(18-16-29)38-36(28-13-9-6-10-14-28)40-32-20-24(2)26(4)22-34(32)42-38/h5-22H,1-4H3. The molecule has 0 amide bonds. The normalized spacial score (nSPS) is 11.3. The van der Waals surface area contributed by atoms with Crippen LogP contribution >= 0.6 is 0 Å². The van der Waals surface area contributed by atoms with Crippen LogP contribution in [0.3, 0.4) is 0 Å². The lowest BCUT2D eigenvalue weighted by molar-refractivity contribution is 1.26. The number of fused-ring (bicyclic) bond motifs is 2. The first-order valence-corrected chi connectivity index (χ1v) is 14.2. The first-order valence-electron chi connectivity index (χ1n) is 14.2. The largest absolute Gasteiger partial charge is 0.244 e. The van der Waals surface area contributed by atoms with E-state index in [1.165, 1.54) is 22.3 Å². The van der Waals surface area contributed by atoms with Crippen molar-refractivity contribution in [2.24, 2.45) is 0 Å². The topological polar surface area (TPSA) is 51.6 Å². The zero-order valence-electron chi connectivity index (χ0n) is 24.2. The number of nitrogens with zero attached hydrogens (tertiary/aromatic N) is 4. The van der Waals surface area contributed by atoms with Gasteiger partial charge >= 0.3 is 0 Å². The van der Waals surface area contributed by atoms with Crippen molar-refractivity contribution < 1.29 is 0 Å². The van der Waals surface area contributed by atoms with Crippen LogP contribution in [-0.2, 0) is 0 Å². The Morgan fingerprint density at radius 3 is 0.810 bits per heavy atom. The van der Waals surface area contributed by atoms with Gasteiger partial charge in [-0.2, -0.15) is 0 Å². The molecule has 0 aliphatic heterocycles. The summed E-state index contributed by atoms with van der Waals surface area (Å²) < 4.78 is 0. The molecule has 2 aromatic heterocycles. The Morgan fingerprint density at radius 1 is 0.310 bits per heavy atom. The van der Waals surface area contributed by atoms with Crippen LogP contribution in [-0.4, -0.2) is 19.9 Å². The summed E-state index contributed by atoms with van der Waals surface area (Å²) in [7, 11) is 0. The van der Waals surface area contributed by atoms with E-state index in [0.29, 0.717) is 0 Å². The number of hydrogen-bond acceptors (Lipinski definition) is 4. The first kappa shape index (κ1) is 25.7. The predicted molar refractivity (Wildman–Crippen MR) is 173 cm³/mol. The third-order valence-electron chi connectivity index (χ3n) is 8.09. The Balaban J connectivity index is 1.40. The van der Waals surface area contributed by atoms with Crippen molar-refractivity contribution in [1.82, 2.24) is 19.9 Å². The van der Waals surface area contributed by atoms with E-state index in [1.807, 2.05) is 36.4 Å². The van der Waals surface area contributed by atoms with Crippen LogP contribution in [0.15, 0.2) is 109 Å². The van der Waals surface area contributed by atoms with Gasteiger partial charge in [-0.15, -0.1) is 0 Å². The third kappa shape index (κ3) is 4.61. The van der Waals surface area contributed by atoms with Gasteiger partial charge in [-0.25, -0.2) is 19.9 Å². The van der Waals surface area contributed by atoms with Crippen molar-refractivity contribution in [2.75, 3.05) is 0 Å². The Kier molecular flexibility index (Phi) is 6.32. The maximum atomic E-state index is 5.16. The van der Waals surface area contributed by atoms with Crippen molar-refractivity contribution in [2.45, 2.75) is 27.7 Å². The SMILES string of the molecule is Cc1cc2nc(-c3ccccc3)c(-c3ccc(-c4nc5cc(C)c(C)cc5nc4-c4ccccc4)cc3)nc2cc1C. The summed E-state index contributed by atoms with van der Waals surface area (Å²) in [5.41, 5.74) is 16.0. The highest BCUT2D eigenvalue weighted by Crippen LogP contribution is 2.35. The van der Waals surface area contributed by atoms with Crippen molar-refractivity contribution >= 4 is 22.1 Å². The fourth-order valence-corrected chi connectivity index (χ4v) is 5.41. The summed E-state index contributed by atoms with van der Waals surface area (Å²) in [6, 6.07) is 37.6. The Labute approximate surface area is 245 Å². The second-order valence-corrected chi connectivity index (χ2v) is 11.0. The minimum Gasteiger partial charge on any atom is -0.244 e. The van der Waals surface area contributed by atoms with E-state index in [4.69, 9.17) is 19.9 Å². The summed E-state index contributed by atoms with van der Waals surface area (Å²) in [5, 5.41) is 0. The number of aryl methyl sites for hydroxylation is 4. The molecule has 0 saturated carbocycles. The van der Waals surface area contributed by atoms with Gasteiger partial charge in [0.2, 0.25) is 0 Å². The molecule has 0 aliphatic carbocycles. The molecular formula is C38H30N4. The van der Waals surface area contributed by atoms with E-state index >= 15 is 0 Å². The highest BCUT2D eigenvalue weighted by Gasteiger charge is 2.17. The van der Waals surface area contributed by atoms with E-state index < -0.39 is 0 Å². The summed E-state index contributed by atoms with van der Waals surface area (Å²) in [5.74, 6) is 0. The van der Waals surface area contributed by atoms with Gasteiger partial charge in [0, 0.05) is 22.3 Å². The number of rotatable bonds is 4. The molecule has 0 fully saturated rings. The summed E-state index contributed by atoms with van der Waals surface area (Å²) in [6.07, 6.45) is 0. The summed E-state index contributed by atoms with van der Waals surface area (Å²) >= 11 is 0. The van der Waals surface area contributed by atoms with Gasteiger partial charge in [-0.05, 0) is 74.2 Å². The molecule has 0 bridgehead atoms. The highest BCUT2D eigenvalue weighted by molar-refractivity contribution is 5.89. The van der Waals surface area contributed by atoms with Crippen LogP contribution in [0.2, 0.25) is 0 Å². The molecule has 0 atom stereocenters. The van der Waals surface area contributed by atoms with E-state index in [0.717, 1.165) is 67.1 Å². The minimum absolute atomic E-state index is 0.863. The highest BCUT2D eigenvalue weighted by atomic mass is 14.8. The quantitative estimate of drug-likeness (QED) is 0.222. The van der Waals surface area contributed by atoms with Crippen LogP contribution in [0.25, 0.3) is 67.1 Å². The number of aromatic nitrogens is 4. The average Bonchev–Trinajstić information content (AvgIpc) is 3.02. The van der Waals surface area contributed by atoms with Gasteiger partial charge in [0.15, 0.2) is 0 Å². The van der Waals surface area contributed by atoms with Gasteiger partial charge in [-0.1, -0.05) is 84.9 Å². The number of hydrogen-bond donors (Lipinski definition) is 0. The van der Waals surface area contributed by atoms with Crippen molar-refractivity contribution in [1.29, 1.82) is 0 Å². The molecule has 7 rings (SSSR count). The average molecular weight is 543 g/mol. The smallest absolute Gasteiger partial charge is 0.0973 e. The molecule has 4 heteroatoms. The third-order valence-corrected chi connectivity index (χ3v) is 8.09. The molecule has 2 heterocycles. The van der Waals surface area contributed by atoms with Crippen LogP contribution < -0.4 is 0 Å². The Bertz CT molecular complexity index is 1950. The zero-order valence-corrected chi connectivity index (χ0v) is 24.2. The molecule has 0 radical (unpaired) electrons. The van der Waals surface area contributed by atoms with Gasteiger partial charge < -0.3 is 0 Å². The molecule has 42 heavy (non-hydrogen) atoms. The molecular weight excluding hydrogens is 512 g/mol. The van der Waals surface area contributed by atoms with E-state index in [1.54, 1.807) is 0 Å². The molecule has 0 aliphatic rings. The van der Waals surface area contributed by atoms with Gasteiger partial charge in [0.05, 0.1) is 44.8 Å². The van der Waals surface area contributed by atoms with Gasteiger partial charge in [-0.3, -0.25) is 0 Å². The second kappa shape index (κ2) is 10.3. The van der Waals surface area contributed by atoms with Crippen LogP contribution in [0, 0.1) is 27.7 Å². The van der Waals surface area contributed by atoms with Gasteiger partial charge in [0.25, 0.3) is 0 Å². The molecule has 4 nitrogen and oxygen atoms in total. The van der Waals surface area contributed by atoms with Gasteiger partial charge in [0.1, 0.15) is 0 Å². The van der Waals surface area contributed by atoms with Crippen molar-refractivity contribution in [3.63, 3.8) is 0 Å². The van der Waals surface area contributed by atoms with Crippen LogP contribution in [0.4, 0.5) is 0 Å². The lowest BCUT2D eigenvalue weighted by Gasteiger charge is -2.14. The lowest BCUT2D eigenvalue weighted by atomic mass is 9.99. The molecule has 202 valence electrons. The monoisotopic (exact) mass is 542 g/mol. The molecule has 5 aromatic carbocycles. The zero-order chi connectivity index (χ0) is 28.8. The van der Waals surface area contributed by atoms with Crippen molar-refractivity contribution in [3.8, 4) is 45.0 Å². The fraction of sp³-hybridized carbons (Fsp3) is 0.105. The van der Waals surface area contributed by atoms with E-state index in [9.17, 15) is 0 Å². The summed E-state index contributed by atoms with van der Waals surface area (Å²) in [6.45, 7) is 8.47. The number of benzene rings is 5. The van der Waals surface area contributed by atoms with Crippen LogP contribution in [0.5, 0.6) is 0 Å². The maximum absolute atomic E-state index is 5.16. The maximum Gasteiger partial charge on any atom is 0.0973 e. The predicted octanol–water partition coefficient (Wildman–Crippen LogP) is 9.47.